The Balaban J connectivity index is 1.42. The van der Waals surface area contributed by atoms with Crippen LogP contribution in [0.25, 0.3) is 11.1 Å². The minimum absolute atomic E-state index is 0.126. The van der Waals surface area contributed by atoms with Crippen molar-refractivity contribution in [1.29, 1.82) is 5.26 Å². The number of carbonyl (C=O) groups excluding carboxylic acids is 1. The van der Waals surface area contributed by atoms with Gasteiger partial charge < -0.3 is 24.4 Å². The maximum Gasteiger partial charge on any atom is 0.244 e. The van der Waals surface area contributed by atoms with Crippen molar-refractivity contribution in [3.8, 4) is 28.7 Å². The quantitative estimate of drug-likeness (QED) is 0.482. The van der Waals surface area contributed by atoms with Gasteiger partial charge in [0.15, 0.2) is 17.4 Å². The van der Waals surface area contributed by atoms with E-state index in [1.807, 2.05) is 68.1 Å². The molecular formula is C30H37N3O4. The molecule has 1 saturated heterocycles. The van der Waals surface area contributed by atoms with Gasteiger partial charge in [0.1, 0.15) is 17.7 Å². The van der Waals surface area contributed by atoms with E-state index in [9.17, 15) is 10.1 Å². The highest BCUT2D eigenvalue weighted by atomic mass is 16.5. The van der Waals surface area contributed by atoms with E-state index >= 15 is 0 Å². The number of nitriles is 1. The van der Waals surface area contributed by atoms with Crippen LogP contribution in [0.4, 0.5) is 0 Å². The third kappa shape index (κ3) is 5.85. The molecule has 1 heterocycles. The minimum Gasteiger partial charge on any atom is -0.493 e. The lowest BCUT2D eigenvalue weighted by Crippen LogP contribution is -2.52. The number of hydrogen-bond donors (Lipinski definition) is 1. The molecule has 1 N–H and O–H groups in total. The largest absolute Gasteiger partial charge is 0.493 e. The highest BCUT2D eigenvalue weighted by Gasteiger charge is 2.50. The first-order chi connectivity index (χ1) is 17.6. The average molecular weight is 504 g/mol. The van der Waals surface area contributed by atoms with Gasteiger partial charge in [0.2, 0.25) is 5.91 Å². The first kappa shape index (κ1) is 26.4. The molecule has 0 unspecified atom stereocenters. The zero-order valence-corrected chi connectivity index (χ0v) is 22.4. The predicted octanol–water partition coefficient (Wildman–Crippen LogP) is 5.06. The zero-order chi connectivity index (χ0) is 26.7. The number of likely N-dealkylation sites (tertiary alicyclic amines) is 1. The van der Waals surface area contributed by atoms with Crippen LogP contribution in [0.2, 0.25) is 0 Å². The van der Waals surface area contributed by atoms with Gasteiger partial charge in [0.05, 0.1) is 20.3 Å². The van der Waals surface area contributed by atoms with Crippen molar-refractivity contribution >= 4 is 5.91 Å². The fraction of sp³-hybridized carbons (Fsp3) is 0.467. The number of ether oxygens (including phenoxy) is 3. The van der Waals surface area contributed by atoms with Gasteiger partial charge in [-0.25, -0.2) is 0 Å². The number of methoxy groups -OCH3 is 2. The summed E-state index contributed by atoms with van der Waals surface area (Å²) < 4.78 is 16.8. The molecule has 0 radical (unpaired) electrons. The van der Waals surface area contributed by atoms with Crippen molar-refractivity contribution in [1.82, 2.24) is 10.2 Å². The third-order valence-electron chi connectivity index (χ3n) is 7.15. The number of carbonyl (C=O) groups is 1. The topological polar surface area (TPSA) is 83.8 Å². The van der Waals surface area contributed by atoms with Crippen LogP contribution < -0.4 is 14.8 Å². The SMILES string of the molecule is C=C(OC(C)(C)C)N1[C@@H]2CC[C@@H](C2)[C@H]1C(=O)N[C@H](C#N)Cc1ccc(-c2ccc(OC)c(OC)c2)cc1. The Bertz CT molecular complexity index is 1180. The number of nitrogens with one attached hydrogen (secondary N) is 1. The van der Waals surface area contributed by atoms with E-state index in [0.29, 0.717) is 23.8 Å². The molecule has 196 valence electrons. The maximum absolute atomic E-state index is 13.4. The van der Waals surface area contributed by atoms with Gasteiger partial charge in [-0.3, -0.25) is 4.79 Å². The van der Waals surface area contributed by atoms with Crippen LogP contribution in [0.5, 0.6) is 11.5 Å². The van der Waals surface area contributed by atoms with Gasteiger partial charge in [-0.15, -0.1) is 0 Å². The first-order valence-corrected chi connectivity index (χ1v) is 12.8. The van der Waals surface area contributed by atoms with E-state index in [4.69, 9.17) is 14.2 Å². The fourth-order valence-electron chi connectivity index (χ4n) is 5.56. The summed E-state index contributed by atoms with van der Waals surface area (Å²) in [5.41, 5.74) is 2.61. The minimum atomic E-state index is -0.628. The monoisotopic (exact) mass is 503 g/mol. The van der Waals surface area contributed by atoms with Gasteiger partial charge in [-0.2, -0.15) is 5.26 Å². The van der Waals surface area contributed by atoms with Crippen molar-refractivity contribution < 1.29 is 19.0 Å². The molecule has 1 saturated carbocycles. The van der Waals surface area contributed by atoms with Crippen LogP contribution in [-0.2, 0) is 16.0 Å². The molecule has 37 heavy (non-hydrogen) atoms. The van der Waals surface area contributed by atoms with Crippen LogP contribution in [0.3, 0.4) is 0 Å². The van der Waals surface area contributed by atoms with Crippen molar-refractivity contribution in [2.75, 3.05) is 14.2 Å². The lowest BCUT2D eigenvalue weighted by atomic mass is 9.97. The second-order valence-electron chi connectivity index (χ2n) is 10.8. The van der Waals surface area contributed by atoms with Crippen molar-refractivity contribution in [2.45, 2.75) is 70.2 Å². The van der Waals surface area contributed by atoms with Gasteiger partial charge in [-0.1, -0.05) is 30.3 Å². The Morgan fingerprint density at radius 1 is 1.11 bits per heavy atom. The molecule has 4 atom stereocenters. The van der Waals surface area contributed by atoms with E-state index in [-0.39, 0.29) is 23.9 Å². The Labute approximate surface area is 220 Å². The molecule has 1 aliphatic carbocycles. The summed E-state index contributed by atoms with van der Waals surface area (Å²) >= 11 is 0. The van der Waals surface area contributed by atoms with Gasteiger partial charge in [-0.05, 0) is 81.4 Å². The molecule has 2 aliphatic rings. The van der Waals surface area contributed by atoms with Gasteiger partial charge in [0.25, 0.3) is 0 Å². The highest BCUT2D eigenvalue weighted by Crippen LogP contribution is 2.45. The van der Waals surface area contributed by atoms with E-state index in [1.165, 1.54) is 0 Å². The molecule has 1 aliphatic heterocycles. The number of benzene rings is 2. The Morgan fingerprint density at radius 3 is 2.41 bits per heavy atom. The number of rotatable bonds is 9. The van der Waals surface area contributed by atoms with E-state index in [2.05, 4.69) is 18.0 Å². The molecule has 0 spiro atoms. The lowest BCUT2D eigenvalue weighted by molar-refractivity contribution is -0.130. The molecule has 0 aromatic heterocycles. The summed E-state index contributed by atoms with van der Waals surface area (Å²) in [6, 6.07) is 15.4. The second kappa shape index (κ2) is 10.8. The Morgan fingerprint density at radius 2 is 1.78 bits per heavy atom. The number of nitrogens with zero attached hydrogens (tertiary/aromatic N) is 2. The van der Waals surface area contributed by atoms with Crippen LogP contribution in [0.1, 0.15) is 45.6 Å². The highest BCUT2D eigenvalue weighted by molar-refractivity contribution is 5.83. The number of hydrogen-bond acceptors (Lipinski definition) is 6. The summed E-state index contributed by atoms with van der Waals surface area (Å²) in [7, 11) is 3.23. The third-order valence-corrected chi connectivity index (χ3v) is 7.15. The smallest absolute Gasteiger partial charge is 0.244 e. The van der Waals surface area contributed by atoms with E-state index in [0.717, 1.165) is 36.0 Å². The molecule has 2 aromatic rings. The average Bonchev–Trinajstić information content (AvgIpc) is 3.49. The number of piperidine rings is 1. The summed E-state index contributed by atoms with van der Waals surface area (Å²) in [5, 5.41) is 12.8. The number of fused-ring (bicyclic) bond motifs is 2. The molecule has 2 bridgehead atoms. The molecule has 2 fully saturated rings. The zero-order valence-electron chi connectivity index (χ0n) is 22.4. The molecule has 4 rings (SSSR count). The molecule has 2 aromatic carbocycles. The number of amides is 1. The summed E-state index contributed by atoms with van der Waals surface area (Å²) in [6.07, 6.45) is 3.43. The van der Waals surface area contributed by atoms with Crippen LogP contribution in [-0.4, -0.2) is 48.8 Å². The predicted molar refractivity (Wildman–Crippen MR) is 143 cm³/mol. The molecule has 7 heteroatoms. The molecular weight excluding hydrogens is 466 g/mol. The van der Waals surface area contributed by atoms with Crippen molar-refractivity contribution in [2.24, 2.45) is 5.92 Å². The molecule has 7 nitrogen and oxygen atoms in total. The van der Waals surface area contributed by atoms with Crippen molar-refractivity contribution in [3.05, 3.63) is 60.5 Å². The molecule has 1 amide bonds. The summed E-state index contributed by atoms with van der Waals surface area (Å²) in [5.74, 6) is 2.02. The first-order valence-electron chi connectivity index (χ1n) is 12.8. The summed E-state index contributed by atoms with van der Waals surface area (Å²) in [4.78, 5) is 15.4. The second-order valence-corrected chi connectivity index (χ2v) is 10.8. The van der Waals surface area contributed by atoms with E-state index in [1.54, 1.807) is 14.2 Å². The van der Waals surface area contributed by atoms with Crippen molar-refractivity contribution in [3.63, 3.8) is 0 Å². The van der Waals surface area contributed by atoms with Gasteiger partial charge >= 0.3 is 0 Å². The van der Waals surface area contributed by atoms with Crippen LogP contribution >= 0.6 is 0 Å². The summed E-state index contributed by atoms with van der Waals surface area (Å²) in [6.45, 7) is 10.1. The fourth-order valence-corrected chi connectivity index (χ4v) is 5.56. The normalized spacial score (nSPS) is 21.2. The Hall–Kier alpha value is -3.66. The Kier molecular flexibility index (Phi) is 7.68. The maximum atomic E-state index is 13.4. The van der Waals surface area contributed by atoms with Crippen LogP contribution in [0.15, 0.2) is 54.9 Å². The van der Waals surface area contributed by atoms with Gasteiger partial charge in [0, 0.05) is 12.5 Å². The van der Waals surface area contributed by atoms with E-state index < -0.39 is 11.6 Å². The standard InChI is InChI=1S/C30H37N3O4/c1-19(37-30(2,3)4)33-25-13-11-23(16-25)28(33)29(34)32-24(18-31)15-20-7-9-21(10-8-20)22-12-14-26(35-5)27(17-22)36-6/h7-10,12,14,17,23-25,28H,1,11,13,15-16H2,2-6H3,(H,32,34)/t23-,24-,25+,28-/m0/s1. The lowest BCUT2D eigenvalue weighted by Gasteiger charge is -2.39. The van der Waals surface area contributed by atoms with Crippen LogP contribution in [0, 0.1) is 17.2 Å².